The van der Waals surface area contributed by atoms with Crippen LogP contribution >= 0.6 is 23.1 Å². The number of nitriles is 1. The Morgan fingerprint density at radius 3 is 2.71 bits per heavy atom. The molecular weight excluding hydrogens is 432 g/mol. The average Bonchev–Trinajstić information content (AvgIpc) is 3.21. The van der Waals surface area contributed by atoms with Gasteiger partial charge in [-0.25, -0.2) is 0 Å². The molecule has 2 N–H and O–H groups in total. The van der Waals surface area contributed by atoms with Crippen LogP contribution < -0.4 is 10.6 Å². The minimum Gasteiger partial charge on any atom is -0.384 e. The first kappa shape index (κ1) is 21.2. The highest BCUT2D eigenvalue weighted by molar-refractivity contribution is 7.99. The number of thioether (sulfide) groups is 1. The second kappa shape index (κ2) is 8.57. The molecule has 0 radical (unpaired) electrons. The Kier molecular flexibility index (Phi) is 5.85. The maximum atomic E-state index is 13.1. The van der Waals surface area contributed by atoms with Gasteiger partial charge in [-0.1, -0.05) is 6.92 Å². The Balaban J connectivity index is 1.91. The fourth-order valence-corrected chi connectivity index (χ4v) is 6.21. The molecular formula is C22H20N4O3S2. The molecule has 0 unspecified atom stereocenters. The lowest BCUT2D eigenvalue weighted by molar-refractivity contribution is -0.384. The second-order valence-electron chi connectivity index (χ2n) is 7.17. The Bertz CT molecular complexity index is 1160. The number of nitrogens with two attached hydrogens (primary N) is 1. The number of carbonyl (C=O) groups excluding carboxylic acids is 1. The number of thiophene rings is 1. The Hall–Kier alpha value is -3.09. The van der Waals surface area contributed by atoms with E-state index in [1.165, 1.54) is 23.5 Å². The van der Waals surface area contributed by atoms with Crippen LogP contribution in [-0.4, -0.2) is 16.5 Å². The molecule has 1 aliphatic heterocycles. The molecule has 2 aliphatic rings. The van der Waals surface area contributed by atoms with E-state index in [0.29, 0.717) is 36.1 Å². The number of Topliss-reactive ketones (excluding diaryl/α,β-unsaturated/α-hetero) is 1. The quantitative estimate of drug-likeness (QED) is 0.382. The predicted molar refractivity (Wildman–Crippen MR) is 122 cm³/mol. The van der Waals surface area contributed by atoms with Gasteiger partial charge in [-0.3, -0.25) is 19.8 Å². The molecule has 2 aromatic rings. The molecule has 1 aromatic carbocycles. The van der Waals surface area contributed by atoms with Gasteiger partial charge in [0.25, 0.3) is 5.69 Å². The van der Waals surface area contributed by atoms with Gasteiger partial charge in [0.1, 0.15) is 5.82 Å². The molecule has 0 fully saturated rings. The van der Waals surface area contributed by atoms with Gasteiger partial charge in [-0.2, -0.15) is 5.26 Å². The number of anilines is 1. The van der Waals surface area contributed by atoms with E-state index < -0.39 is 10.8 Å². The van der Waals surface area contributed by atoms with E-state index in [-0.39, 0.29) is 17.3 Å². The molecule has 1 aliphatic carbocycles. The van der Waals surface area contributed by atoms with Gasteiger partial charge in [0.05, 0.1) is 22.5 Å². The van der Waals surface area contributed by atoms with Crippen molar-refractivity contribution < 1.29 is 9.72 Å². The summed E-state index contributed by atoms with van der Waals surface area (Å²) >= 11 is 3.22. The molecule has 0 saturated carbocycles. The van der Waals surface area contributed by atoms with Crippen LogP contribution in [0.3, 0.4) is 0 Å². The predicted octanol–water partition coefficient (Wildman–Crippen LogP) is 5.07. The highest BCUT2D eigenvalue weighted by Gasteiger charge is 2.41. The van der Waals surface area contributed by atoms with Crippen LogP contribution in [0, 0.1) is 21.4 Å². The van der Waals surface area contributed by atoms with Crippen LogP contribution in [0.5, 0.6) is 0 Å². The topological polar surface area (TPSA) is 113 Å². The number of allylic oxidation sites excluding steroid dienone is 3. The second-order valence-corrected chi connectivity index (χ2v) is 9.43. The lowest BCUT2D eigenvalue weighted by Gasteiger charge is -2.39. The summed E-state index contributed by atoms with van der Waals surface area (Å²) in [7, 11) is 0. The zero-order valence-electron chi connectivity index (χ0n) is 16.8. The first-order chi connectivity index (χ1) is 15.0. The van der Waals surface area contributed by atoms with E-state index >= 15 is 0 Å². The van der Waals surface area contributed by atoms with Gasteiger partial charge >= 0.3 is 0 Å². The van der Waals surface area contributed by atoms with E-state index in [4.69, 9.17) is 5.73 Å². The zero-order valence-corrected chi connectivity index (χ0v) is 18.5. The Labute approximate surface area is 188 Å². The molecule has 9 heteroatoms. The number of nitro benzene ring substituents is 1. The number of hydrogen-bond donors (Lipinski definition) is 1. The maximum Gasteiger partial charge on any atom is 0.269 e. The first-order valence-electron chi connectivity index (χ1n) is 9.88. The summed E-state index contributed by atoms with van der Waals surface area (Å²) in [5.41, 5.74) is 8.86. The normalized spacial score (nSPS) is 18.8. The van der Waals surface area contributed by atoms with Crippen molar-refractivity contribution in [3.63, 3.8) is 0 Å². The van der Waals surface area contributed by atoms with E-state index in [9.17, 15) is 20.2 Å². The molecule has 0 amide bonds. The number of nitro groups is 1. The summed E-state index contributed by atoms with van der Waals surface area (Å²) in [6.45, 7) is 2.06. The van der Waals surface area contributed by atoms with E-state index in [1.807, 2.05) is 11.4 Å². The summed E-state index contributed by atoms with van der Waals surface area (Å²) in [6, 6.07) is 10.3. The van der Waals surface area contributed by atoms with Crippen LogP contribution in [0.4, 0.5) is 11.4 Å². The summed E-state index contributed by atoms with van der Waals surface area (Å²) in [5, 5.41) is 23.1. The van der Waals surface area contributed by atoms with E-state index in [2.05, 4.69) is 13.0 Å². The van der Waals surface area contributed by atoms with Crippen LogP contribution in [0.1, 0.15) is 37.0 Å². The SMILES string of the molecule is CCSc1ccsc1[C@H]1C(C#N)=C(N)N(c2ccc([N+](=O)[O-])cc2)C2=C1C(=O)CCC2. The molecule has 4 rings (SSSR count). The molecule has 31 heavy (non-hydrogen) atoms. The Morgan fingerprint density at radius 1 is 1.32 bits per heavy atom. The number of hydrogen-bond acceptors (Lipinski definition) is 8. The number of benzene rings is 1. The number of carbonyl (C=O) groups is 1. The van der Waals surface area contributed by atoms with E-state index in [1.54, 1.807) is 28.8 Å². The van der Waals surface area contributed by atoms with Crippen molar-refractivity contribution in [3.8, 4) is 6.07 Å². The van der Waals surface area contributed by atoms with Crippen LogP contribution in [0.15, 0.2) is 63.3 Å². The van der Waals surface area contributed by atoms with Crippen molar-refractivity contribution in [1.29, 1.82) is 5.26 Å². The van der Waals surface area contributed by atoms with Crippen LogP contribution in [0.2, 0.25) is 0 Å². The zero-order chi connectivity index (χ0) is 22.1. The maximum absolute atomic E-state index is 13.1. The fourth-order valence-electron chi connectivity index (χ4n) is 4.16. The number of ketones is 1. The molecule has 1 atom stereocenters. The van der Waals surface area contributed by atoms with Crippen molar-refractivity contribution in [2.24, 2.45) is 5.73 Å². The third-order valence-electron chi connectivity index (χ3n) is 5.45. The summed E-state index contributed by atoms with van der Waals surface area (Å²) in [5.74, 6) is 0.706. The average molecular weight is 453 g/mol. The van der Waals surface area contributed by atoms with Crippen molar-refractivity contribution in [2.75, 3.05) is 10.7 Å². The molecule has 7 nitrogen and oxygen atoms in total. The molecule has 0 spiro atoms. The van der Waals surface area contributed by atoms with Crippen molar-refractivity contribution in [3.05, 3.63) is 73.4 Å². The van der Waals surface area contributed by atoms with Gasteiger partial charge in [0.15, 0.2) is 5.78 Å². The Morgan fingerprint density at radius 2 is 2.06 bits per heavy atom. The van der Waals surface area contributed by atoms with E-state index in [0.717, 1.165) is 21.2 Å². The number of rotatable bonds is 5. The minimum atomic E-state index is -0.476. The molecule has 0 bridgehead atoms. The largest absolute Gasteiger partial charge is 0.384 e. The highest BCUT2D eigenvalue weighted by Crippen LogP contribution is 2.49. The first-order valence-corrected chi connectivity index (χ1v) is 11.7. The molecule has 0 saturated heterocycles. The van der Waals surface area contributed by atoms with Gasteiger partial charge in [0, 0.05) is 45.3 Å². The van der Waals surface area contributed by atoms with Crippen LogP contribution in [0.25, 0.3) is 0 Å². The number of non-ortho nitro benzene ring substituents is 1. The third-order valence-corrected chi connectivity index (χ3v) is 7.52. The summed E-state index contributed by atoms with van der Waals surface area (Å²) < 4.78 is 0. The van der Waals surface area contributed by atoms with Gasteiger partial charge in [-0.05, 0) is 42.2 Å². The minimum absolute atomic E-state index is 0.0271. The lowest BCUT2D eigenvalue weighted by Crippen LogP contribution is -2.38. The van der Waals surface area contributed by atoms with Crippen molar-refractivity contribution in [2.45, 2.75) is 37.0 Å². The van der Waals surface area contributed by atoms with Gasteiger partial charge < -0.3 is 5.73 Å². The van der Waals surface area contributed by atoms with Crippen molar-refractivity contribution >= 4 is 40.3 Å². The molecule has 2 heterocycles. The lowest BCUT2D eigenvalue weighted by atomic mass is 9.78. The van der Waals surface area contributed by atoms with Gasteiger partial charge in [0.2, 0.25) is 0 Å². The fraction of sp³-hybridized carbons (Fsp3) is 0.273. The number of nitrogens with zero attached hydrogens (tertiary/aromatic N) is 3. The van der Waals surface area contributed by atoms with Crippen molar-refractivity contribution in [1.82, 2.24) is 0 Å². The van der Waals surface area contributed by atoms with Gasteiger partial charge in [-0.15, -0.1) is 23.1 Å². The monoisotopic (exact) mass is 452 g/mol. The molecule has 158 valence electrons. The summed E-state index contributed by atoms with van der Waals surface area (Å²) in [6.07, 6.45) is 1.78. The third kappa shape index (κ3) is 3.62. The molecule has 1 aromatic heterocycles. The van der Waals surface area contributed by atoms with Crippen LogP contribution in [-0.2, 0) is 4.79 Å². The smallest absolute Gasteiger partial charge is 0.269 e. The highest BCUT2D eigenvalue weighted by atomic mass is 32.2. The summed E-state index contributed by atoms with van der Waals surface area (Å²) in [4.78, 5) is 27.5. The standard InChI is InChI=1S/C22H20N4O3S2/c1-2-30-18-10-11-31-21(18)19-15(12-23)22(24)25(16-4-3-5-17(27)20(16)19)13-6-8-14(9-7-13)26(28)29/h6-11,19H,2-5,24H2,1H3/t19-/m0/s1.